The maximum atomic E-state index is 12.9. The van der Waals surface area contributed by atoms with E-state index in [-0.39, 0.29) is 5.91 Å². The van der Waals surface area contributed by atoms with Gasteiger partial charge in [0.1, 0.15) is 5.82 Å². The minimum Gasteiger partial charge on any atom is -0.382 e. The number of rotatable bonds is 7. The number of nitrogens with two attached hydrogens (primary N) is 1. The van der Waals surface area contributed by atoms with E-state index in [0.29, 0.717) is 35.0 Å². The van der Waals surface area contributed by atoms with E-state index in [1.54, 1.807) is 35.2 Å². The van der Waals surface area contributed by atoms with Crippen molar-refractivity contribution in [3.05, 3.63) is 42.5 Å². The smallest absolute Gasteiger partial charge is 0.276 e. The lowest BCUT2D eigenvalue weighted by atomic mass is 9.92. The maximum Gasteiger partial charge on any atom is 0.276 e. The van der Waals surface area contributed by atoms with Crippen LogP contribution in [-0.4, -0.2) is 44.1 Å². The van der Waals surface area contributed by atoms with Crippen LogP contribution < -0.4 is 21.7 Å². The summed E-state index contributed by atoms with van der Waals surface area (Å²) in [5.41, 5.74) is 8.65. The van der Waals surface area contributed by atoms with E-state index in [2.05, 4.69) is 25.9 Å². The highest BCUT2D eigenvalue weighted by Gasteiger charge is 2.24. The monoisotopic (exact) mass is 420 g/mol. The molecule has 5 rings (SSSR count). The molecule has 0 spiro atoms. The zero-order valence-corrected chi connectivity index (χ0v) is 17.4. The zero-order chi connectivity index (χ0) is 21.2. The van der Waals surface area contributed by atoms with Crippen molar-refractivity contribution in [2.45, 2.75) is 50.6 Å². The molecule has 0 aromatic carbocycles. The molecule has 2 saturated carbocycles. The summed E-state index contributed by atoms with van der Waals surface area (Å²) >= 11 is 0. The van der Waals surface area contributed by atoms with Crippen molar-refractivity contribution in [3.8, 4) is 0 Å². The van der Waals surface area contributed by atoms with Crippen LogP contribution in [0.25, 0.3) is 5.65 Å². The Bertz CT molecular complexity index is 1050. The molecule has 0 aliphatic heterocycles. The van der Waals surface area contributed by atoms with Crippen LogP contribution in [0, 0.1) is 5.92 Å². The lowest BCUT2D eigenvalue weighted by molar-refractivity contribution is 0.102. The van der Waals surface area contributed by atoms with Gasteiger partial charge in [-0.2, -0.15) is 0 Å². The molecule has 0 bridgehead atoms. The first kappa shape index (κ1) is 19.7. The molecule has 0 saturated heterocycles. The van der Waals surface area contributed by atoms with Gasteiger partial charge in [0.2, 0.25) is 0 Å². The molecule has 3 aromatic heterocycles. The van der Waals surface area contributed by atoms with Gasteiger partial charge in [-0.15, -0.1) is 5.10 Å². The van der Waals surface area contributed by atoms with E-state index in [1.807, 2.05) is 6.07 Å². The Balaban J connectivity index is 1.43. The van der Waals surface area contributed by atoms with E-state index in [9.17, 15) is 4.79 Å². The van der Waals surface area contributed by atoms with Crippen molar-refractivity contribution in [2.75, 3.05) is 22.5 Å². The molecule has 9 heteroatoms. The van der Waals surface area contributed by atoms with Gasteiger partial charge in [-0.25, -0.2) is 9.50 Å². The van der Waals surface area contributed by atoms with Crippen LogP contribution >= 0.6 is 0 Å². The average Bonchev–Trinajstić information content (AvgIpc) is 3.51. The minimum atomic E-state index is -0.264. The van der Waals surface area contributed by atoms with E-state index in [4.69, 9.17) is 10.8 Å². The number of nitrogens with zero attached hydrogens (tertiary/aromatic N) is 4. The predicted molar refractivity (Wildman–Crippen MR) is 120 cm³/mol. The van der Waals surface area contributed by atoms with Crippen molar-refractivity contribution in [2.24, 2.45) is 11.7 Å². The normalized spacial score (nSPS) is 21.1. The molecule has 2 fully saturated rings. The molecule has 3 aromatic rings. The van der Waals surface area contributed by atoms with Gasteiger partial charge in [0.15, 0.2) is 11.3 Å². The molecule has 0 atom stereocenters. The van der Waals surface area contributed by atoms with Crippen molar-refractivity contribution in [3.63, 3.8) is 0 Å². The molecule has 5 N–H and O–H groups in total. The highest BCUT2D eigenvalue weighted by molar-refractivity contribution is 6.03. The Morgan fingerprint density at radius 1 is 1.13 bits per heavy atom. The summed E-state index contributed by atoms with van der Waals surface area (Å²) in [6.07, 6.45) is 11.4. The first-order chi connectivity index (χ1) is 15.2. The topological polar surface area (TPSA) is 122 Å². The lowest BCUT2D eigenvalue weighted by Gasteiger charge is -2.27. The second-order valence-electron chi connectivity index (χ2n) is 8.59. The van der Waals surface area contributed by atoms with Gasteiger partial charge in [-0.05, 0) is 56.6 Å². The van der Waals surface area contributed by atoms with Gasteiger partial charge in [0, 0.05) is 42.8 Å². The minimum absolute atomic E-state index is 0.264. The number of hydrogen-bond acceptors (Lipinski definition) is 7. The van der Waals surface area contributed by atoms with E-state index in [1.165, 1.54) is 12.8 Å². The third-order valence-corrected chi connectivity index (χ3v) is 6.04. The molecule has 2 aliphatic rings. The number of carbonyl (C=O) groups excluding carboxylic acids is 1. The van der Waals surface area contributed by atoms with Crippen molar-refractivity contribution >= 4 is 28.7 Å². The van der Waals surface area contributed by atoms with Crippen LogP contribution in [0.1, 0.15) is 49.0 Å². The molecule has 1 amide bonds. The summed E-state index contributed by atoms with van der Waals surface area (Å²) in [7, 11) is 0. The van der Waals surface area contributed by atoms with Crippen LogP contribution in [0.3, 0.4) is 0 Å². The zero-order valence-electron chi connectivity index (χ0n) is 17.4. The molecule has 9 nitrogen and oxygen atoms in total. The summed E-state index contributed by atoms with van der Waals surface area (Å²) in [6.45, 7) is 0.906. The van der Waals surface area contributed by atoms with Gasteiger partial charge >= 0.3 is 0 Å². The summed E-state index contributed by atoms with van der Waals surface area (Å²) in [6, 6.07) is 6.12. The largest absolute Gasteiger partial charge is 0.382 e. The number of imidazole rings is 1. The Morgan fingerprint density at radius 2 is 1.90 bits per heavy atom. The van der Waals surface area contributed by atoms with E-state index >= 15 is 0 Å². The lowest BCUT2D eigenvalue weighted by Crippen LogP contribution is -2.33. The molecule has 162 valence electrons. The molecule has 0 radical (unpaired) electrons. The summed E-state index contributed by atoms with van der Waals surface area (Å²) in [5, 5.41) is 14.7. The molecule has 3 heterocycles. The van der Waals surface area contributed by atoms with Gasteiger partial charge < -0.3 is 21.7 Å². The van der Waals surface area contributed by atoms with Crippen molar-refractivity contribution in [1.29, 1.82) is 0 Å². The van der Waals surface area contributed by atoms with Crippen molar-refractivity contribution < 1.29 is 4.79 Å². The summed E-state index contributed by atoms with van der Waals surface area (Å²) in [4.78, 5) is 21.4. The SMILES string of the molecule is N[C@H]1CC[C@H](Nc2cc(NCC3CC3)c3ncc(C(=O)Nc4ccncc4)n3n2)CC1. The van der Waals surface area contributed by atoms with Gasteiger partial charge in [0.25, 0.3) is 5.91 Å². The van der Waals surface area contributed by atoms with Crippen LogP contribution in [0.15, 0.2) is 36.8 Å². The summed E-state index contributed by atoms with van der Waals surface area (Å²) in [5.74, 6) is 1.19. The molecule has 2 aliphatic carbocycles. The second kappa shape index (κ2) is 8.50. The Hall–Kier alpha value is -3.20. The van der Waals surface area contributed by atoms with Crippen LogP contribution in [0.2, 0.25) is 0 Å². The highest BCUT2D eigenvalue weighted by Crippen LogP contribution is 2.30. The number of nitrogens with one attached hydrogen (secondary N) is 3. The molecule has 31 heavy (non-hydrogen) atoms. The van der Waals surface area contributed by atoms with Gasteiger partial charge in [-0.1, -0.05) is 0 Å². The van der Waals surface area contributed by atoms with Crippen LogP contribution in [0.4, 0.5) is 17.2 Å². The fourth-order valence-electron chi connectivity index (χ4n) is 4.00. The van der Waals surface area contributed by atoms with Crippen LogP contribution in [-0.2, 0) is 0 Å². The summed E-state index contributed by atoms with van der Waals surface area (Å²) < 4.78 is 1.63. The van der Waals surface area contributed by atoms with Gasteiger partial charge in [-0.3, -0.25) is 9.78 Å². The average molecular weight is 421 g/mol. The number of carbonyl (C=O) groups is 1. The fourth-order valence-corrected chi connectivity index (χ4v) is 4.00. The number of aromatic nitrogens is 4. The first-order valence-corrected chi connectivity index (χ1v) is 11.0. The second-order valence-corrected chi connectivity index (χ2v) is 8.59. The number of anilines is 3. The van der Waals surface area contributed by atoms with Gasteiger partial charge in [0.05, 0.1) is 11.9 Å². The Morgan fingerprint density at radius 3 is 2.65 bits per heavy atom. The standard InChI is InChI=1S/C22H28N8O/c23-15-3-5-16(6-4-15)27-20-11-18(25-12-14-1-2-14)21-26-13-19(30(21)29-20)22(31)28-17-7-9-24-10-8-17/h7-11,13-16,25H,1-6,12,23H2,(H,27,29)(H,24,28,31)/t15-,16-. The number of amides is 1. The van der Waals surface area contributed by atoms with E-state index < -0.39 is 0 Å². The molecular formula is C22H28N8O. The van der Waals surface area contributed by atoms with Crippen LogP contribution in [0.5, 0.6) is 0 Å². The Labute approximate surface area is 180 Å². The fraction of sp³-hybridized carbons (Fsp3) is 0.455. The first-order valence-electron chi connectivity index (χ1n) is 11.0. The molecule has 0 unspecified atom stereocenters. The van der Waals surface area contributed by atoms with E-state index in [0.717, 1.165) is 43.7 Å². The predicted octanol–water partition coefficient (Wildman–Crippen LogP) is 2.88. The third kappa shape index (κ3) is 4.61. The Kier molecular flexibility index (Phi) is 5.42. The van der Waals surface area contributed by atoms with Crippen molar-refractivity contribution in [1.82, 2.24) is 19.6 Å². The quantitative estimate of drug-likeness (QED) is 0.463. The highest BCUT2D eigenvalue weighted by atomic mass is 16.2. The number of pyridine rings is 1. The number of fused-ring (bicyclic) bond motifs is 1. The number of hydrogen-bond donors (Lipinski definition) is 4. The third-order valence-electron chi connectivity index (χ3n) is 6.04. The maximum absolute atomic E-state index is 12.9. The molecular weight excluding hydrogens is 392 g/mol.